The second-order valence-corrected chi connectivity index (χ2v) is 13.5. The number of amides is 1. The Hall–Kier alpha value is -4.06. The molecule has 1 amide bonds. The summed E-state index contributed by atoms with van der Waals surface area (Å²) < 4.78 is 34.8. The minimum atomic E-state index is -3.61. The Bertz CT molecular complexity index is 1540. The monoisotopic (exact) mass is 632 g/mol. The number of nitrogens with zero attached hydrogens (tertiary/aromatic N) is 3. The van der Waals surface area contributed by atoms with Gasteiger partial charge in [0, 0.05) is 50.4 Å². The maximum Gasteiger partial charge on any atom is 0.410 e. The molecule has 0 unspecified atom stereocenters. The summed E-state index contributed by atoms with van der Waals surface area (Å²) in [5.74, 6) is 0.516. The molecule has 2 fully saturated rings. The van der Waals surface area contributed by atoms with Crippen molar-refractivity contribution in [1.82, 2.24) is 14.5 Å². The maximum absolute atomic E-state index is 13.1. The molecule has 1 heterocycles. The van der Waals surface area contributed by atoms with Crippen LogP contribution >= 0.6 is 0 Å². The fraction of sp³-hybridized carbons (Fsp3) is 0.382. The lowest BCUT2D eigenvalue weighted by atomic mass is 9.88. The Morgan fingerprint density at radius 2 is 1.64 bits per heavy atom. The third kappa shape index (κ3) is 8.36. The number of piperidine rings is 1. The van der Waals surface area contributed by atoms with Crippen molar-refractivity contribution >= 4 is 21.8 Å². The zero-order chi connectivity index (χ0) is 31.8. The number of nitro groups is 1. The minimum absolute atomic E-state index is 0.00235. The number of non-ortho nitro benzene ring substituents is 1. The standard InChI is InChI=1S/C34H40N4O6S/c1-2-19-37(34(39)44-25-26-13-15-31(16-14-26)38(40)41)30-17-20-36(21-18-30)24-28-22-29(23-33(28)27-9-5-3-6-10-27)35-45(42,43)32-11-7-4-8-12-32/h2-16,28-30,33,35H,1,17-25H2/t28-,29-,33-/m1/s1. The van der Waals surface area contributed by atoms with E-state index in [1.807, 2.05) is 18.2 Å². The van der Waals surface area contributed by atoms with Crippen molar-refractivity contribution in [3.8, 4) is 0 Å². The van der Waals surface area contributed by atoms with E-state index < -0.39 is 21.0 Å². The highest BCUT2D eigenvalue weighted by Gasteiger charge is 2.39. The predicted molar refractivity (Wildman–Crippen MR) is 172 cm³/mol. The number of carbonyl (C=O) groups is 1. The molecule has 0 aromatic heterocycles. The normalized spacial score (nSPS) is 20.8. The number of nitrogens with one attached hydrogen (secondary N) is 1. The van der Waals surface area contributed by atoms with Crippen LogP contribution in [0.5, 0.6) is 0 Å². The number of benzene rings is 3. The third-order valence-corrected chi connectivity index (χ3v) is 10.4. The summed E-state index contributed by atoms with van der Waals surface area (Å²) in [7, 11) is -3.61. The summed E-state index contributed by atoms with van der Waals surface area (Å²) in [4.78, 5) is 27.9. The first-order valence-electron chi connectivity index (χ1n) is 15.4. The first-order chi connectivity index (χ1) is 21.7. The van der Waals surface area contributed by atoms with Crippen LogP contribution in [0.4, 0.5) is 10.5 Å². The van der Waals surface area contributed by atoms with Gasteiger partial charge in [0.2, 0.25) is 10.0 Å². The van der Waals surface area contributed by atoms with E-state index in [0.717, 1.165) is 45.3 Å². The number of nitro benzene ring substituents is 1. The van der Waals surface area contributed by atoms with Gasteiger partial charge in [-0.3, -0.25) is 10.1 Å². The molecular formula is C34H40N4O6S. The molecule has 10 nitrogen and oxygen atoms in total. The summed E-state index contributed by atoms with van der Waals surface area (Å²) in [6, 6.07) is 24.7. The number of rotatable bonds is 12. The maximum atomic E-state index is 13.1. The van der Waals surface area contributed by atoms with E-state index >= 15 is 0 Å². The predicted octanol–water partition coefficient (Wildman–Crippen LogP) is 5.72. The number of hydrogen-bond acceptors (Lipinski definition) is 7. The highest BCUT2D eigenvalue weighted by Crippen LogP contribution is 2.41. The zero-order valence-electron chi connectivity index (χ0n) is 25.2. The van der Waals surface area contributed by atoms with Gasteiger partial charge in [0.15, 0.2) is 0 Å². The van der Waals surface area contributed by atoms with Gasteiger partial charge in [0.1, 0.15) is 6.61 Å². The molecule has 1 saturated heterocycles. The van der Waals surface area contributed by atoms with Crippen LogP contribution < -0.4 is 4.72 Å². The minimum Gasteiger partial charge on any atom is -0.445 e. The molecule has 0 radical (unpaired) electrons. The second kappa shape index (κ2) is 14.8. The van der Waals surface area contributed by atoms with E-state index in [4.69, 9.17) is 4.74 Å². The second-order valence-electron chi connectivity index (χ2n) is 11.8. The first kappa shape index (κ1) is 32.3. The Morgan fingerprint density at radius 3 is 2.27 bits per heavy atom. The molecule has 238 valence electrons. The van der Waals surface area contributed by atoms with Crippen molar-refractivity contribution < 1.29 is 22.9 Å². The van der Waals surface area contributed by atoms with Crippen LogP contribution in [0.1, 0.15) is 42.7 Å². The Labute approximate surface area is 264 Å². The van der Waals surface area contributed by atoms with Crippen molar-refractivity contribution in [3.05, 3.63) is 119 Å². The Kier molecular flexibility index (Phi) is 10.6. The van der Waals surface area contributed by atoms with Crippen LogP contribution in [-0.4, -0.2) is 67.5 Å². The quantitative estimate of drug-likeness (QED) is 0.154. The fourth-order valence-corrected chi connectivity index (χ4v) is 7.90. The van der Waals surface area contributed by atoms with E-state index in [0.29, 0.717) is 12.1 Å². The molecular weight excluding hydrogens is 592 g/mol. The van der Waals surface area contributed by atoms with E-state index in [2.05, 4.69) is 28.3 Å². The van der Waals surface area contributed by atoms with Gasteiger partial charge in [-0.2, -0.15) is 0 Å². The van der Waals surface area contributed by atoms with Gasteiger partial charge >= 0.3 is 6.09 Å². The summed E-state index contributed by atoms with van der Waals surface area (Å²) >= 11 is 0. The number of carbonyl (C=O) groups excluding carboxylic acids is 1. The smallest absolute Gasteiger partial charge is 0.410 e. The summed E-state index contributed by atoms with van der Waals surface area (Å²) in [5, 5.41) is 10.9. The third-order valence-electron chi connectivity index (χ3n) is 8.86. The van der Waals surface area contributed by atoms with Crippen molar-refractivity contribution in [3.63, 3.8) is 0 Å². The Balaban J connectivity index is 1.18. The largest absolute Gasteiger partial charge is 0.445 e. The molecule has 1 N–H and O–H groups in total. The SMILES string of the molecule is C=CCN(C(=O)OCc1ccc([N+](=O)[O-])cc1)C1CCN(C[C@H]2C[C@@H](NS(=O)(=O)c3ccccc3)C[C@@H]2c2ccccc2)CC1. The Morgan fingerprint density at radius 1 is 1.00 bits per heavy atom. The van der Waals surface area contributed by atoms with E-state index in [1.54, 1.807) is 53.4 Å². The van der Waals surface area contributed by atoms with Crippen LogP contribution in [0.3, 0.4) is 0 Å². The van der Waals surface area contributed by atoms with E-state index in [1.165, 1.54) is 17.7 Å². The van der Waals surface area contributed by atoms with E-state index in [-0.39, 0.29) is 41.1 Å². The van der Waals surface area contributed by atoms with Gasteiger partial charge in [-0.05, 0) is 72.9 Å². The van der Waals surface area contributed by atoms with Gasteiger partial charge in [-0.25, -0.2) is 17.9 Å². The molecule has 11 heteroatoms. The topological polar surface area (TPSA) is 122 Å². The molecule has 1 saturated carbocycles. The molecule has 3 aromatic carbocycles. The molecule has 2 aliphatic rings. The van der Waals surface area contributed by atoms with Crippen molar-refractivity contribution in [2.75, 3.05) is 26.2 Å². The van der Waals surface area contributed by atoms with Gasteiger partial charge in [0.25, 0.3) is 5.69 Å². The molecule has 3 atom stereocenters. The molecule has 1 aliphatic heterocycles. The number of ether oxygens (including phenoxy) is 1. The lowest BCUT2D eigenvalue weighted by Gasteiger charge is -2.39. The zero-order valence-corrected chi connectivity index (χ0v) is 26.1. The summed E-state index contributed by atoms with van der Waals surface area (Å²) in [6.45, 7) is 6.69. The highest BCUT2D eigenvalue weighted by atomic mass is 32.2. The number of sulfonamides is 1. The molecule has 5 rings (SSSR count). The molecule has 0 bridgehead atoms. The first-order valence-corrected chi connectivity index (χ1v) is 16.8. The molecule has 1 aliphatic carbocycles. The van der Waals surface area contributed by atoms with Gasteiger partial charge in [-0.1, -0.05) is 54.6 Å². The van der Waals surface area contributed by atoms with Gasteiger partial charge in [-0.15, -0.1) is 6.58 Å². The lowest BCUT2D eigenvalue weighted by molar-refractivity contribution is -0.384. The summed E-state index contributed by atoms with van der Waals surface area (Å²) in [6.07, 6.45) is 4.33. The van der Waals surface area contributed by atoms with Crippen LogP contribution in [0.2, 0.25) is 0 Å². The average Bonchev–Trinajstić information content (AvgIpc) is 3.45. The average molecular weight is 633 g/mol. The molecule has 0 spiro atoms. The highest BCUT2D eigenvalue weighted by molar-refractivity contribution is 7.89. The number of hydrogen-bond donors (Lipinski definition) is 1. The van der Waals surface area contributed by atoms with Crippen LogP contribution in [0.25, 0.3) is 0 Å². The summed E-state index contributed by atoms with van der Waals surface area (Å²) in [5.41, 5.74) is 1.89. The van der Waals surface area contributed by atoms with E-state index in [9.17, 15) is 23.3 Å². The number of likely N-dealkylation sites (tertiary alicyclic amines) is 1. The van der Waals surface area contributed by atoms with Crippen LogP contribution in [0.15, 0.2) is 102 Å². The fourth-order valence-electron chi connectivity index (χ4n) is 6.62. The van der Waals surface area contributed by atoms with Gasteiger partial charge < -0.3 is 14.5 Å². The van der Waals surface area contributed by atoms with Gasteiger partial charge in [0.05, 0.1) is 9.82 Å². The van der Waals surface area contributed by atoms with Crippen molar-refractivity contribution in [2.24, 2.45) is 5.92 Å². The molecule has 3 aromatic rings. The lowest BCUT2D eigenvalue weighted by Crippen LogP contribution is -2.48. The van der Waals surface area contributed by atoms with Crippen LogP contribution in [-0.2, 0) is 21.4 Å². The molecule has 45 heavy (non-hydrogen) atoms. The van der Waals surface area contributed by atoms with Crippen LogP contribution in [0, 0.1) is 16.0 Å². The van der Waals surface area contributed by atoms with Crippen molar-refractivity contribution in [1.29, 1.82) is 0 Å². The van der Waals surface area contributed by atoms with Crippen molar-refractivity contribution in [2.45, 2.75) is 55.2 Å².